The highest BCUT2D eigenvalue weighted by Crippen LogP contribution is 2.13. The molecule has 2 aromatic rings. The molecular weight excluding hydrogens is 224 g/mol. The van der Waals surface area contributed by atoms with Gasteiger partial charge in [-0.1, -0.05) is 0 Å². The van der Waals surface area contributed by atoms with E-state index in [9.17, 15) is 4.79 Å². The Kier molecular flexibility index (Phi) is 3.10. The van der Waals surface area contributed by atoms with Crippen molar-refractivity contribution in [2.24, 2.45) is 12.9 Å². The molecule has 0 aliphatic carbocycles. The second kappa shape index (κ2) is 4.71. The molecule has 0 saturated carbocycles. The zero-order valence-electron chi connectivity index (χ0n) is 9.21. The van der Waals surface area contributed by atoms with E-state index < -0.39 is 5.91 Å². The lowest BCUT2D eigenvalue weighted by Gasteiger charge is -1.98. The predicted octanol–water partition coefficient (Wildman–Crippen LogP) is 0.196. The molecule has 0 unspecified atom stereocenters. The number of furan rings is 1. The first-order valence-electron chi connectivity index (χ1n) is 4.89. The molecule has 2 heterocycles. The highest BCUT2D eigenvalue weighted by atomic mass is 16.5. The van der Waals surface area contributed by atoms with Crippen LogP contribution in [0.15, 0.2) is 29.1 Å². The van der Waals surface area contributed by atoms with Crippen LogP contribution in [0.2, 0.25) is 0 Å². The summed E-state index contributed by atoms with van der Waals surface area (Å²) in [5, 5.41) is 3.96. The molecular formula is C10H12N4O3. The van der Waals surface area contributed by atoms with Gasteiger partial charge in [0.25, 0.3) is 5.91 Å². The number of amides is 1. The summed E-state index contributed by atoms with van der Waals surface area (Å²) in [6.45, 7) is 0.226. The molecule has 0 atom stereocenters. The minimum atomic E-state index is -0.402. The van der Waals surface area contributed by atoms with Gasteiger partial charge in [0.05, 0.1) is 18.0 Å². The van der Waals surface area contributed by atoms with Crippen molar-refractivity contribution in [3.63, 3.8) is 0 Å². The molecule has 7 nitrogen and oxygen atoms in total. The van der Waals surface area contributed by atoms with Crippen LogP contribution in [0.5, 0.6) is 5.75 Å². The van der Waals surface area contributed by atoms with Crippen LogP contribution in [0.3, 0.4) is 0 Å². The first-order valence-corrected chi connectivity index (χ1v) is 4.89. The Morgan fingerprint density at radius 1 is 1.71 bits per heavy atom. The van der Waals surface area contributed by atoms with Crippen molar-refractivity contribution in [2.45, 2.75) is 6.61 Å². The van der Waals surface area contributed by atoms with Crippen molar-refractivity contribution in [1.29, 1.82) is 0 Å². The van der Waals surface area contributed by atoms with E-state index in [1.165, 1.54) is 6.26 Å². The molecule has 2 rings (SSSR count). The lowest BCUT2D eigenvalue weighted by Crippen LogP contribution is -2.29. The minimum Gasteiger partial charge on any atom is -0.482 e. The topological polar surface area (TPSA) is 95.3 Å². The highest BCUT2D eigenvalue weighted by Gasteiger charge is 2.09. The number of nitrogen functional groups attached to an aromatic ring is 1. The number of ether oxygens (including phenoxy) is 1. The third-order valence-corrected chi connectivity index (χ3v) is 2.11. The van der Waals surface area contributed by atoms with Crippen LogP contribution in [0, 0.1) is 0 Å². The molecule has 0 radical (unpaired) electrons. The molecule has 0 bridgehead atoms. The smallest absolute Gasteiger partial charge is 0.268 e. The van der Waals surface area contributed by atoms with Crippen molar-refractivity contribution in [3.8, 4) is 5.75 Å². The van der Waals surface area contributed by atoms with Crippen LogP contribution >= 0.6 is 0 Å². The largest absolute Gasteiger partial charge is 0.482 e. The van der Waals surface area contributed by atoms with Gasteiger partial charge in [0, 0.05) is 7.05 Å². The van der Waals surface area contributed by atoms with Gasteiger partial charge in [0.15, 0.2) is 5.75 Å². The van der Waals surface area contributed by atoms with E-state index in [-0.39, 0.29) is 6.61 Å². The number of hydrogen-bond donors (Lipinski definition) is 2. The summed E-state index contributed by atoms with van der Waals surface area (Å²) in [5.74, 6) is 5.76. The van der Waals surface area contributed by atoms with Crippen LogP contribution in [0.1, 0.15) is 16.1 Å². The molecule has 3 N–H and O–H groups in total. The van der Waals surface area contributed by atoms with E-state index in [0.717, 1.165) is 0 Å². The van der Waals surface area contributed by atoms with Gasteiger partial charge in [-0.2, -0.15) is 5.10 Å². The standard InChI is InChI=1S/C10H12N4O3/c1-14-4-9(3-12-14)17-6-8-2-7(5-16-8)10(15)13-11/h2-5H,6,11H2,1H3,(H,13,15). The van der Waals surface area contributed by atoms with Gasteiger partial charge in [-0.25, -0.2) is 5.84 Å². The fourth-order valence-electron chi connectivity index (χ4n) is 1.29. The number of carbonyl (C=O) groups excluding carboxylic acids is 1. The summed E-state index contributed by atoms with van der Waals surface area (Å²) in [5.41, 5.74) is 2.38. The third kappa shape index (κ3) is 2.64. The van der Waals surface area contributed by atoms with E-state index in [2.05, 4.69) is 5.10 Å². The average molecular weight is 236 g/mol. The first kappa shape index (κ1) is 11.2. The zero-order chi connectivity index (χ0) is 12.3. The molecule has 7 heteroatoms. The normalized spacial score (nSPS) is 10.2. The monoisotopic (exact) mass is 236 g/mol. The number of hydrazine groups is 1. The van der Waals surface area contributed by atoms with Crippen LogP contribution < -0.4 is 16.0 Å². The molecule has 0 spiro atoms. The molecule has 90 valence electrons. The molecule has 0 saturated heterocycles. The SMILES string of the molecule is Cn1cc(OCc2cc(C(=O)NN)co2)cn1. The molecule has 0 aliphatic heterocycles. The molecule has 0 aromatic carbocycles. The predicted molar refractivity (Wildman–Crippen MR) is 57.9 cm³/mol. The van der Waals surface area contributed by atoms with E-state index in [0.29, 0.717) is 17.1 Å². The lowest BCUT2D eigenvalue weighted by atomic mass is 10.3. The van der Waals surface area contributed by atoms with Gasteiger partial charge >= 0.3 is 0 Å². The molecule has 17 heavy (non-hydrogen) atoms. The second-order valence-electron chi connectivity index (χ2n) is 3.41. The Bertz CT molecular complexity index is 517. The molecule has 1 amide bonds. The van der Waals surface area contributed by atoms with Crippen molar-refractivity contribution in [2.75, 3.05) is 0 Å². The number of rotatable bonds is 4. The van der Waals surface area contributed by atoms with E-state index in [4.69, 9.17) is 15.0 Å². The Balaban J connectivity index is 1.95. The van der Waals surface area contributed by atoms with E-state index >= 15 is 0 Å². The van der Waals surface area contributed by atoms with Gasteiger partial charge in [-0.05, 0) is 6.07 Å². The van der Waals surface area contributed by atoms with Gasteiger partial charge in [0.1, 0.15) is 18.6 Å². The summed E-state index contributed by atoms with van der Waals surface area (Å²) >= 11 is 0. The first-order chi connectivity index (χ1) is 8.19. The van der Waals surface area contributed by atoms with Gasteiger partial charge < -0.3 is 9.15 Å². The number of nitrogens with one attached hydrogen (secondary N) is 1. The lowest BCUT2D eigenvalue weighted by molar-refractivity contribution is 0.0953. The van der Waals surface area contributed by atoms with Crippen molar-refractivity contribution >= 4 is 5.91 Å². The Labute approximate surface area is 97.1 Å². The van der Waals surface area contributed by atoms with Gasteiger partial charge in [-0.3, -0.25) is 14.9 Å². The molecule has 0 fully saturated rings. The molecule has 2 aromatic heterocycles. The van der Waals surface area contributed by atoms with Gasteiger partial charge in [0.2, 0.25) is 0 Å². The molecule has 0 aliphatic rings. The second-order valence-corrected chi connectivity index (χ2v) is 3.41. The van der Waals surface area contributed by atoms with Gasteiger partial charge in [-0.15, -0.1) is 0 Å². The zero-order valence-corrected chi connectivity index (χ0v) is 9.21. The fourth-order valence-corrected chi connectivity index (χ4v) is 1.29. The Morgan fingerprint density at radius 3 is 3.18 bits per heavy atom. The number of aryl methyl sites for hydroxylation is 1. The van der Waals surface area contributed by atoms with E-state index in [1.807, 2.05) is 5.43 Å². The summed E-state index contributed by atoms with van der Waals surface area (Å²) < 4.78 is 12.2. The van der Waals surface area contributed by atoms with E-state index in [1.54, 1.807) is 30.2 Å². The quantitative estimate of drug-likeness (QED) is 0.449. The minimum absolute atomic E-state index is 0.226. The maximum atomic E-state index is 11.2. The van der Waals surface area contributed by atoms with Crippen molar-refractivity contribution in [3.05, 3.63) is 36.0 Å². The third-order valence-electron chi connectivity index (χ3n) is 2.11. The van der Waals surface area contributed by atoms with Crippen molar-refractivity contribution in [1.82, 2.24) is 15.2 Å². The maximum Gasteiger partial charge on any atom is 0.268 e. The summed E-state index contributed by atoms with van der Waals surface area (Å²) in [7, 11) is 1.80. The number of carbonyl (C=O) groups is 1. The summed E-state index contributed by atoms with van der Waals surface area (Å²) in [6.07, 6.45) is 4.65. The average Bonchev–Trinajstić information content (AvgIpc) is 2.94. The number of nitrogens with two attached hydrogens (primary N) is 1. The maximum absolute atomic E-state index is 11.2. The van der Waals surface area contributed by atoms with Crippen LogP contribution in [-0.2, 0) is 13.7 Å². The Hall–Kier alpha value is -2.28. The fraction of sp³-hybridized carbons (Fsp3) is 0.200. The van der Waals surface area contributed by atoms with Crippen LogP contribution in [-0.4, -0.2) is 15.7 Å². The highest BCUT2D eigenvalue weighted by molar-refractivity contribution is 5.93. The number of hydrogen-bond acceptors (Lipinski definition) is 5. The van der Waals surface area contributed by atoms with Crippen LogP contribution in [0.25, 0.3) is 0 Å². The summed E-state index contributed by atoms with van der Waals surface area (Å²) in [6, 6.07) is 1.57. The summed E-state index contributed by atoms with van der Waals surface area (Å²) in [4.78, 5) is 11.2. The number of nitrogens with zero attached hydrogens (tertiary/aromatic N) is 2. The number of aromatic nitrogens is 2. The Morgan fingerprint density at radius 2 is 2.53 bits per heavy atom. The van der Waals surface area contributed by atoms with Crippen molar-refractivity contribution < 1.29 is 13.9 Å². The van der Waals surface area contributed by atoms with Crippen LogP contribution in [0.4, 0.5) is 0 Å².